The van der Waals surface area contributed by atoms with Gasteiger partial charge in [-0.15, -0.1) is 0 Å². The Morgan fingerprint density at radius 2 is 1.69 bits per heavy atom. The van der Waals surface area contributed by atoms with Gasteiger partial charge in [0.1, 0.15) is 0 Å². The fraction of sp³-hybridized carbons (Fsp3) is 0.571. The minimum atomic E-state index is 0.560. The van der Waals surface area contributed by atoms with Crippen molar-refractivity contribution in [1.29, 1.82) is 0 Å². The molecule has 0 aliphatic heterocycles. The Hall–Kier alpha value is -1.02. The van der Waals surface area contributed by atoms with Crippen molar-refractivity contribution in [2.45, 2.75) is 40.5 Å². The average molecular weight is 222 g/mol. The third-order valence-electron chi connectivity index (χ3n) is 2.50. The normalized spacial score (nSPS) is 11.2. The number of rotatable bonds is 5. The zero-order valence-electron chi connectivity index (χ0n) is 10.7. The van der Waals surface area contributed by atoms with Gasteiger partial charge in [-0.3, -0.25) is 0 Å². The molecule has 0 spiro atoms. The second-order valence-electron chi connectivity index (χ2n) is 5.23. The highest BCUT2D eigenvalue weighted by molar-refractivity contribution is 5.37. The van der Waals surface area contributed by atoms with Crippen molar-refractivity contribution < 1.29 is 10.1 Å². The highest BCUT2D eigenvalue weighted by Crippen LogP contribution is 2.24. The highest BCUT2D eigenvalue weighted by atomic mass is 17.1. The summed E-state index contributed by atoms with van der Waals surface area (Å²) in [6.45, 7) is 8.68. The molecule has 1 rings (SSSR count). The van der Waals surface area contributed by atoms with Crippen LogP contribution in [0.2, 0.25) is 0 Å². The summed E-state index contributed by atoms with van der Waals surface area (Å²) in [4.78, 5) is 4.47. The largest absolute Gasteiger partial charge is 0.340 e. The lowest BCUT2D eigenvalue weighted by Gasteiger charge is -2.12. The number of hydrogen-bond acceptors (Lipinski definition) is 2. The van der Waals surface area contributed by atoms with Crippen LogP contribution < -0.4 is 4.89 Å². The third kappa shape index (κ3) is 3.86. The first-order chi connectivity index (χ1) is 7.52. The monoisotopic (exact) mass is 222 g/mol. The van der Waals surface area contributed by atoms with Crippen LogP contribution in [0.3, 0.4) is 0 Å². The van der Waals surface area contributed by atoms with Crippen molar-refractivity contribution in [2.24, 2.45) is 11.8 Å². The first-order valence-corrected chi connectivity index (χ1v) is 5.96. The SMILES string of the molecule is CC(C)Cc1ccc(CC(C)C)c(OO)c1. The molecule has 0 aliphatic rings. The van der Waals surface area contributed by atoms with Gasteiger partial charge in [-0.1, -0.05) is 39.8 Å². The molecule has 1 N–H and O–H groups in total. The van der Waals surface area contributed by atoms with E-state index in [9.17, 15) is 0 Å². The molecule has 0 bridgehead atoms. The molecule has 0 fully saturated rings. The second-order valence-corrected chi connectivity index (χ2v) is 5.23. The molecule has 0 radical (unpaired) electrons. The summed E-state index contributed by atoms with van der Waals surface area (Å²) < 4.78 is 0. The molecule has 16 heavy (non-hydrogen) atoms. The van der Waals surface area contributed by atoms with Crippen LogP contribution in [0.1, 0.15) is 38.8 Å². The van der Waals surface area contributed by atoms with Gasteiger partial charge in [-0.25, -0.2) is 5.26 Å². The lowest BCUT2D eigenvalue weighted by atomic mass is 9.97. The van der Waals surface area contributed by atoms with E-state index in [0.29, 0.717) is 17.6 Å². The Bertz CT molecular complexity index is 330. The second kappa shape index (κ2) is 5.90. The molecule has 0 aliphatic carbocycles. The zero-order valence-corrected chi connectivity index (χ0v) is 10.7. The standard InChI is InChI=1S/C14H22O2/c1-10(2)7-12-5-6-13(8-11(3)4)14(9-12)16-15/h5-6,9-11,15H,7-8H2,1-4H3. The lowest BCUT2D eigenvalue weighted by Crippen LogP contribution is -2.00. The minimum absolute atomic E-state index is 0.560. The van der Waals surface area contributed by atoms with Gasteiger partial charge in [0.05, 0.1) is 0 Å². The van der Waals surface area contributed by atoms with Crippen molar-refractivity contribution in [3.63, 3.8) is 0 Å². The molecule has 0 amide bonds. The fourth-order valence-corrected chi connectivity index (χ4v) is 1.89. The fourth-order valence-electron chi connectivity index (χ4n) is 1.89. The zero-order chi connectivity index (χ0) is 12.1. The van der Waals surface area contributed by atoms with Crippen LogP contribution in [-0.2, 0) is 12.8 Å². The third-order valence-corrected chi connectivity index (χ3v) is 2.50. The van der Waals surface area contributed by atoms with Crippen molar-refractivity contribution in [3.05, 3.63) is 29.3 Å². The van der Waals surface area contributed by atoms with E-state index >= 15 is 0 Å². The molecule has 0 atom stereocenters. The Morgan fingerprint density at radius 3 is 2.19 bits per heavy atom. The van der Waals surface area contributed by atoms with Crippen LogP contribution in [0.15, 0.2) is 18.2 Å². The van der Waals surface area contributed by atoms with Crippen LogP contribution >= 0.6 is 0 Å². The first-order valence-electron chi connectivity index (χ1n) is 5.96. The summed E-state index contributed by atoms with van der Waals surface area (Å²) in [6.07, 6.45) is 1.94. The van der Waals surface area contributed by atoms with E-state index < -0.39 is 0 Å². The quantitative estimate of drug-likeness (QED) is 0.604. The molecule has 1 aromatic carbocycles. The van der Waals surface area contributed by atoms with E-state index in [0.717, 1.165) is 18.4 Å². The van der Waals surface area contributed by atoms with Gasteiger partial charge in [0.2, 0.25) is 0 Å². The lowest BCUT2D eigenvalue weighted by molar-refractivity contribution is -0.138. The van der Waals surface area contributed by atoms with Gasteiger partial charge in [0, 0.05) is 0 Å². The average Bonchev–Trinajstić information content (AvgIpc) is 2.18. The van der Waals surface area contributed by atoms with E-state index in [1.807, 2.05) is 6.07 Å². The minimum Gasteiger partial charge on any atom is -0.340 e. The van der Waals surface area contributed by atoms with E-state index in [2.05, 4.69) is 44.7 Å². The summed E-state index contributed by atoms with van der Waals surface area (Å²) in [5.74, 6) is 1.78. The predicted octanol–water partition coefficient (Wildman–Crippen LogP) is 3.94. The molecular formula is C14H22O2. The molecule has 0 saturated heterocycles. The molecule has 90 valence electrons. The topological polar surface area (TPSA) is 29.5 Å². The Balaban J connectivity index is 2.88. The Labute approximate surface area is 98.2 Å². The molecule has 1 aromatic rings. The van der Waals surface area contributed by atoms with Crippen LogP contribution in [0.4, 0.5) is 0 Å². The van der Waals surface area contributed by atoms with Gasteiger partial charge in [0.15, 0.2) is 5.75 Å². The molecule has 0 heterocycles. The van der Waals surface area contributed by atoms with Gasteiger partial charge in [-0.05, 0) is 41.9 Å². The smallest absolute Gasteiger partial charge is 0.168 e. The van der Waals surface area contributed by atoms with E-state index in [4.69, 9.17) is 5.26 Å². The van der Waals surface area contributed by atoms with Gasteiger partial charge >= 0.3 is 0 Å². The van der Waals surface area contributed by atoms with E-state index in [1.165, 1.54) is 5.56 Å². The molecule has 2 nitrogen and oxygen atoms in total. The van der Waals surface area contributed by atoms with Crippen LogP contribution in [0.25, 0.3) is 0 Å². The van der Waals surface area contributed by atoms with Gasteiger partial charge in [-0.2, -0.15) is 0 Å². The van der Waals surface area contributed by atoms with Gasteiger partial charge in [0.25, 0.3) is 0 Å². The van der Waals surface area contributed by atoms with Crippen LogP contribution in [0.5, 0.6) is 5.75 Å². The predicted molar refractivity (Wildman–Crippen MR) is 66.8 cm³/mol. The molecule has 0 unspecified atom stereocenters. The van der Waals surface area contributed by atoms with Gasteiger partial charge < -0.3 is 4.89 Å². The maximum atomic E-state index is 8.89. The molecule has 2 heteroatoms. The Morgan fingerprint density at radius 1 is 1.06 bits per heavy atom. The van der Waals surface area contributed by atoms with E-state index in [1.54, 1.807) is 0 Å². The van der Waals surface area contributed by atoms with Crippen LogP contribution in [-0.4, -0.2) is 5.26 Å². The summed E-state index contributed by atoms with van der Waals surface area (Å²) in [5, 5.41) is 8.89. The van der Waals surface area contributed by atoms with Crippen molar-refractivity contribution in [3.8, 4) is 5.75 Å². The first kappa shape index (κ1) is 13.0. The number of hydrogen-bond donors (Lipinski definition) is 1. The van der Waals surface area contributed by atoms with Crippen LogP contribution in [0, 0.1) is 11.8 Å². The highest BCUT2D eigenvalue weighted by Gasteiger charge is 2.08. The van der Waals surface area contributed by atoms with E-state index in [-0.39, 0.29) is 0 Å². The molecular weight excluding hydrogens is 200 g/mol. The maximum Gasteiger partial charge on any atom is 0.168 e. The Kier molecular flexibility index (Phi) is 4.81. The van der Waals surface area contributed by atoms with Crippen molar-refractivity contribution in [2.75, 3.05) is 0 Å². The van der Waals surface area contributed by atoms with Crippen molar-refractivity contribution in [1.82, 2.24) is 0 Å². The molecule has 0 saturated carbocycles. The summed E-state index contributed by atoms with van der Waals surface area (Å²) >= 11 is 0. The van der Waals surface area contributed by atoms with Crippen molar-refractivity contribution >= 4 is 0 Å². The number of benzene rings is 1. The summed E-state index contributed by atoms with van der Waals surface area (Å²) in [7, 11) is 0. The molecule has 0 aromatic heterocycles. The summed E-state index contributed by atoms with van der Waals surface area (Å²) in [5.41, 5.74) is 2.29. The summed E-state index contributed by atoms with van der Waals surface area (Å²) in [6, 6.07) is 6.13. The maximum absolute atomic E-state index is 8.89.